The van der Waals surface area contributed by atoms with E-state index < -0.39 is 6.43 Å². The molecule has 0 aliphatic rings. The molecule has 0 amide bonds. The lowest BCUT2D eigenvalue weighted by Gasteiger charge is -2.06. The van der Waals surface area contributed by atoms with Gasteiger partial charge < -0.3 is 5.73 Å². The Bertz CT molecular complexity index is 467. The van der Waals surface area contributed by atoms with Crippen molar-refractivity contribution in [3.63, 3.8) is 0 Å². The molecule has 2 aromatic heterocycles. The van der Waals surface area contributed by atoms with Crippen molar-refractivity contribution >= 4 is 0 Å². The highest BCUT2D eigenvalue weighted by Crippen LogP contribution is 2.24. The quantitative estimate of drug-likeness (QED) is 0.862. The summed E-state index contributed by atoms with van der Waals surface area (Å²) in [7, 11) is 0. The smallest absolute Gasteiger partial charge is 0.280 e. The van der Waals surface area contributed by atoms with Crippen LogP contribution in [0.2, 0.25) is 0 Å². The van der Waals surface area contributed by atoms with E-state index in [-0.39, 0.29) is 12.2 Å². The molecule has 0 fully saturated rings. The van der Waals surface area contributed by atoms with Crippen molar-refractivity contribution in [3.8, 4) is 5.82 Å². The van der Waals surface area contributed by atoms with E-state index in [0.717, 1.165) is 4.68 Å². The number of hydrogen-bond donors (Lipinski definition) is 1. The van der Waals surface area contributed by atoms with Gasteiger partial charge >= 0.3 is 0 Å². The molecule has 0 atom stereocenters. The van der Waals surface area contributed by atoms with Crippen molar-refractivity contribution in [3.05, 3.63) is 41.9 Å². The molecule has 0 saturated heterocycles. The molecule has 0 radical (unpaired) electrons. The zero-order valence-electron chi connectivity index (χ0n) is 8.35. The van der Waals surface area contributed by atoms with Gasteiger partial charge in [0.15, 0.2) is 5.82 Å². The van der Waals surface area contributed by atoms with Crippen LogP contribution in [-0.2, 0) is 6.54 Å². The highest BCUT2D eigenvalue weighted by molar-refractivity contribution is 5.29. The summed E-state index contributed by atoms with van der Waals surface area (Å²) in [5, 5.41) is 3.87. The fourth-order valence-corrected chi connectivity index (χ4v) is 1.44. The van der Waals surface area contributed by atoms with Gasteiger partial charge in [0.25, 0.3) is 6.43 Å². The Morgan fingerprint density at radius 3 is 2.75 bits per heavy atom. The number of alkyl halides is 2. The van der Waals surface area contributed by atoms with Gasteiger partial charge in [0.05, 0.1) is 6.20 Å². The molecule has 16 heavy (non-hydrogen) atoms. The molecule has 2 rings (SSSR count). The molecule has 0 aliphatic heterocycles. The Labute approximate surface area is 90.7 Å². The Morgan fingerprint density at radius 1 is 1.38 bits per heavy atom. The summed E-state index contributed by atoms with van der Waals surface area (Å²) >= 11 is 0. The van der Waals surface area contributed by atoms with Gasteiger partial charge in [-0.25, -0.2) is 18.4 Å². The van der Waals surface area contributed by atoms with Crippen LogP contribution >= 0.6 is 0 Å². The van der Waals surface area contributed by atoms with E-state index in [1.54, 1.807) is 18.2 Å². The number of nitrogens with zero attached hydrogens (tertiary/aromatic N) is 3. The minimum Gasteiger partial charge on any atom is -0.326 e. The van der Waals surface area contributed by atoms with Gasteiger partial charge in [-0.1, -0.05) is 6.07 Å². The first kappa shape index (κ1) is 10.7. The lowest BCUT2D eigenvalue weighted by Crippen LogP contribution is -2.07. The monoisotopic (exact) mass is 224 g/mol. The predicted octanol–water partition coefficient (Wildman–Crippen LogP) is 1.66. The molecule has 2 N–H and O–H groups in total. The van der Waals surface area contributed by atoms with Gasteiger partial charge in [0.2, 0.25) is 0 Å². The SMILES string of the molecule is NCc1cnn(-c2ccccn2)c1C(F)F. The van der Waals surface area contributed by atoms with E-state index in [2.05, 4.69) is 10.1 Å². The van der Waals surface area contributed by atoms with E-state index in [0.29, 0.717) is 11.4 Å². The first-order valence-electron chi connectivity index (χ1n) is 4.70. The fourth-order valence-electron chi connectivity index (χ4n) is 1.44. The van der Waals surface area contributed by atoms with Crippen LogP contribution in [0, 0.1) is 0 Å². The molecule has 6 heteroatoms. The second-order valence-corrected chi connectivity index (χ2v) is 3.16. The fraction of sp³-hybridized carbons (Fsp3) is 0.200. The Morgan fingerprint density at radius 2 is 2.19 bits per heavy atom. The Hall–Kier alpha value is -1.82. The Balaban J connectivity index is 2.53. The maximum Gasteiger partial charge on any atom is 0.280 e. The molecule has 2 heterocycles. The summed E-state index contributed by atoms with van der Waals surface area (Å²) in [4.78, 5) is 3.97. The van der Waals surface area contributed by atoms with Gasteiger partial charge in [-0.05, 0) is 12.1 Å². The number of aromatic nitrogens is 3. The molecular formula is C10H10F2N4. The average molecular weight is 224 g/mol. The van der Waals surface area contributed by atoms with Gasteiger partial charge in [-0.3, -0.25) is 0 Å². The van der Waals surface area contributed by atoms with Crippen LogP contribution in [-0.4, -0.2) is 14.8 Å². The van der Waals surface area contributed by atoms with Crippen LogP contribution in [0.4, 0.5) is 8.78 Å². The second kappa shape index (κ2) is 4.36. The topological polar surface area (TPSA) is 56.7 Å². The Kier molecular flexibility index (Phi) is 2.91. The zero-order chi connectivity index (χ0) is 11.5. The number of halogens is 2. The van der Waals surface area contributed by atoms with Crippen molar-refractivity contribution in [2.45, 2.75) is 13.0 Å². The minimum absolute atomic E-state index is 0.0342. The maximum absolute atomic E-state index is 12.8. The highest BCUT2D eigenvalue weighted by atomic mass is 19.3. The standard InChI is InChI=1S/C10H10F2N4/c11-10(12)9-7(5-13)6-15-16(9)8-3-1-2-4-14-8/h1-4,6,10H,5,13H2. The third-order valence-corrected chi connectivity index (χ3v) is 2.18. The summed E-state index contributed by atoms with van der Waals surface area (Å²) in [6, 6.07) is 5.03. The summed E-state index contributed by atoms with van der Waals surface area (Å²) in [6.45, 7) is 0.0342. The molecular weight excluding hydrogens is 214 g/mol. The summed E-state index contributed by atoms with van der Waals surface area (Å²) in [6.07, 6.45) is 0.243. The van der Waals surface area contributed by atoms with Crippen molar-refractivity contribution < 1.29 is 8.78 Å². The van der Waals surface area contributed by atoms with Crippen LogP contribution < -0.4 is 5.73 Å². The first-order chi connectivity index (χ1) is 7.74. The van der Waals surface area contributed by atoms with E-state index >= 15 is 0 Å². The van der Waals surface area contributed by atoms with Crippen LogP contribution in [0.15, 0.2) is 30.6 Å². The molecule has 0 spiro atoms. The van der Waals surface area contributed by atoms with E-state index in [1.165, 1.54) is 12.4 Å². The van der Waals surface area contributed by atoms with Crippen molar-refractivity contribution in [2.24, 2.45) is 5.73 Å². The number of rotatable bonds is 3. The van der Waals surface area contributed by atoms with Crippen LogP contribution in [0.3, 0.4) is 0 Å². The van der Waals surface area contributed by atoms with Crippen molar-refractivity contribution in [2.75, 3.05) is 0 Å². The number of nitrogens with two attached hydrogens (primary N) is 1. The molecule has 4 nitrogen and oxygen atoms in total. The summed E-state index contributed by atoms with van der Waals surface area (Å²) in [5.41, 5.74) is 5.51. The molecule has 2 aromatic rings. The molecule has 0 aliphatic carbocycles. The van der Waals surface area contributed by atoms with Crippen LogP contribution in [0.1, 0.15) is 17.7 Å². The number of hydrogen-bond acceptors (Lipinski definition) is 3. The van der Waals surface area contributed by atoms with Gasteiger partial charge in [-0.2, -0.15) is 5.10 Å². The van der Waals surface area contributed by atoms with Crippen LogP contribution in [0.5, 0.6) is 0 Å². The maximum atomic E-state index is 12.8. The van der Waals surface area contributed by atoms with Crippen molar-refractivity contribution in [1.82, 2.24) is 14.8 Å². The van der Waals surface area contributed by atoms with Crippen molar-refractivity contribution in [1.29, 1.82) is 0 Å². The van der Waals surface area contributed by atoms with E-state index in [4.69, 9.17) is 5.73 Å². The highest BCUT2D eigenvalue weighted by Gasteiger charge is 2.20. The van der Waals surface area contributed by atoms with E-state index in [1.807, 2.05) is 0 Å². The predicted molar refractivity (Wildman–Crippen MR) is 54.2 cm³/mol. The summed E-state index contributed by atoms with van der Waals surface area (Å²) < 4.78 is 26.8. The zero-order valence-corrected chi connectivity index (χ0v) is 8.35. The largest absolute Gasteiger partial charge is 0.326 e. The van der Waals surface area contributed by atoms with Gasteiger partial charge in [0.1, 0.15) is 5.69 Å². The lowest BCUT2D eigenvalue weighted by molar-refractivity contribution is 0.141. The van der Waals surface area contributed by atoms with Gasteiger partial charge in [-0.15, -0.1) is 0 Å². The molecule has 0 unspecified atom stereocenters. The van der Waals surface area contributed by atoms with Crippen LogP contribution in [0.25, 0.3) is 5.82 Å². The third kappa shape index (κ3) is 1.79. The average Bonchev–Trinajstić information content (AvgIpc) is 2.73. The number of pyridine rings is 1. The first-order valence-corrected chi connectivity index (χ1v) is 4.70. The van der Waals surface area contributed by atoms with Gasteiger partial charge in [0, 0.05) is 18.3 Å². The molecule has 0 saturated carbocycles. The minimum atomic E-state index is -2.62. The molecule has 0 aromatic carbocycles. The third-order valence-electron chi connectivity index (χ3n) is 2.18. The lowest BCUT2D eigenvalue weighted by atomic mass is 10.2. The van der Waals surface area contributed by atoms with E-state index in [9.17, 15) is 8.78 Å². The normalized spacial score (nSPS) is 11.0. The summed E-state index contributed by atoms with van der Waals surface area (Å²) in [5.74, 6) is 0.359. The second-order valence-electron chi connectivity index (χ2n) is 3.16. The molecule has 84 valence electrons. The molecule has 0 bridgehead atoms.